The number of benzene rings is 2. The number of aromatic amines is 1. The Bertz CT molecular complexity index is 1170. The molecule has 2 aromatic heterocycles. The van der Waals surface area contributed by atoms with Gasteiger partial charge in [-0.3, -0.25) is 9.20 Å². The third-order valence-corrected chi connectivity index (χ3v) is 4.22. The van der Waals surface area contributed by atoms with Gasteiger partial charge in [0.15, 0.2) is 0 Å². The second kappa shape index (κ2) is 5.23. The lowest BCUT2D eigenvalue weighted by molar-refractivity contribution is 0.0530. The second-order valence-corrected chi connectivity index (χ2v) is 5.78. The first-order chi connectivity index (χ1) is 11.6. The molecular formula is C19H16N2O3. The summed E-state index contributed by atoms with van der Waals surface area (Å²) in [5, 5.41) is 1.10. The van der Waals surface area contributed by atoms with E-state index in [2.05, 4.69) is 4.98 Å². The Labute approximate surface area is 137 Å². The maximum atomic E-state index is 13.0. The van der Waals surface area contributed by atoms with E-state index in [-0.39, 0.29) is 12.2 Å². The Kier molecular flexibility index (Phi) is 3.16. The normalized spacial score (nSPS) is 11.4. The first-order valence-corrected chi connectivity index (χ1v) is 7.84. The Morgan fingerprint density at radius 1 is 1.17 bits per heavy atom. The van der Waals surface area contributed by atoms with Gasteiger partial charge in [-0.15, -0.1) is 0 Å². The Morgan fingerprint density at radius 3 is 2.67 bits per heavy atom. The number of carbonyl (C=O) groups excluding carboxylic acids is 1. The average Bonchev–Trinajstić information content (AvgIpc) is 2.93. The van der Waals surface area contributed by atoms with Crippen LogP contribution in [0.3, 0.4) is 0 Å². The number of ether oxygens (including phenoxy) is 1. The van der Waals surface area contributed by atoms with Gasteiger partial charge in [-0.05, 0) is 37.6 Å². The number of H-pyrrole nitrogens is 1. The number of imidazole rings is 1. The minimum absolute atomic E-state index is 0.149. The van der Waals surface area contributed by atoms with Crippen LogP contribution in [0.25, 0.3) is 27.5 Å². The summed E-state index contributed by atoms with van der Waals surface area (Å²) in [5.41, 5.74) is 3.34. The van der Waals surface area contributed by atoms with Gasteiger partial charge in [-0.25, -0.2) is 4.79 Å². The molecule has 4 rings (SSSR count). The fourth-order valence-corrected chi connectivity index (χ4v) is 3.18. The molecule has 120 valence electrons. The summed E-state index contributed by atoms with van der Waals surface area (Å²) in [4.78, 5) is 28.8. The van der Waals surface area contributed by atoms with Gasteiger partial charge in [0.2, 0.25) is 0 Å². The second-order valence-electron chi connectivity index (χ2n) is 5.78. The highest BCUT2D eigenvalue weighted by Gasteiger charge is 2.21. The van der Waals surface area contributed by atoms with Crippen molar-refractivity contribution in [1.82, 2.24) is 9.38 Å². The molecule has 0 aliphatic rings. The van der Waals surface area contributed by atoms with Crippen molar-refractivity contribution in [2.75, 3.05) is 6.61 Å². The third kappa shape index (κ3) is 1.94. The lowest BCUT2D eigenvalue weighted by Crippen LogP contribution is -2.18. The Hall–Kier alpha value is -3.08. The summed E-state index contributed by atoms with van der Waals surface area (Å²) in [6, 6.07) is 12.9. The number of esters is 1. The smallest absolute Gasteiger partial charge is 0.342 e. The topological polar surface area (TPSA) is 63.6 Å². The van der Waals surface area contributed by atoms with Crippen molar-refractivity contribution in [1.29, 1.82) is 0 Å². The molecule has 5 nitrogen and oxygen atoms in total. The van der Waals surface area contributed by atoms with Crippen molar-refractivity contribution < 1.29 is 9.53 Å². The number of aryl methyl sites for hydroxylation is 1. The number of fused-ring (bicyclic) bond motifs is 4. The van der Waals surface area contributed by atoms with E-state index in [1.54, 1.807) is 29.5 Å². The standard InChI is InChI=1S/C19H16N2O3/c1-3-24-19(23)16-12-6-4-5-7-13(12)18(22)21-15-9-8-11(2)10-14(15)20-17(16)21/h4-10,20H,3H2,1-2H3. The van der Waals surface area contributed by atoms with E-state index in [1.807, 2.05) is 31.2 Å². The fraction of sp³-hybridized carbons (Fsp3) is 0.158. The molecule has 0 amide bonds. The van der Waals surface area contributed by atoms with Crippen LogP contribution in [-0.4, -0.2) is 22.0 Å². The van der Waals surface area contributed by atoms with Crippen molar-refractivity contribution in [3.63, 3.8) is 0 Å². The minimum Gasteiger partial charge on any atom is -0.462 e. The summed E-state index contributed by atoms with van der Waals surface area (Å²) in [5.74, 6) is -0.436. The fourth-order valence-electron chi connectivity index (χ4n) is 3.18. The van der Waals surface area contributed by atoms with E-state index >= 15 is 0 Å². The Balaban J connectivity index is 2.28. The van der Waals surface area contributed by atoms with Crippen LogP contribution in [0.1, 0.15) is 22.8 Å². The number of nitrogens with one attached hydrogen (secondary N) is 1. The SMILES string of the molecule is CCOC(=O)c1c2ccccc2c(=O)n2c1[nH]c1cc(C)ccc12. The zero-order chi connectivity index (χ0) is 16.8. The highest BCUT2D eigenvalue weighted by Crippen LogP contribution is 2.25. The molecule has 0 unspecified atom stereocenters. The zero-order valence-corrected chi connectivity index (χ0v) is 13.4. The summed E-state index contributed by atoms with van der Waals surface area (Å²) in [6.07, 6.45) is 0. The van der Waals surface area contributed by atoms with E-state index in [4.69, 9.17) is 4.74 Å². The van der Waals surface area contributed by atoms with Crippen LogP contribution in [0, 0.1) is 6.92 Å². The Morgan fingerprint density at radius 2 is 1.92 bits per heavy atom. The van der Waals surface area contributed by atoms with Crippen LogP contribution in [0.2, 0.25) is 0 Å². The van der Waals surface area contributed by atoms with Gasteiger partial charge in [0.25, 0.3) is 5.56 Å². The van der Waals surface area contributed by atoms with Crippen molar-refractivity contribution in [3.05, 3.63) is 63.9 Å². The van der Waals surface area contributed by atoms with Crippen molar-refractivity contribution in [3.8, 4) is 0 Å². The number of pyridine rings is 1. The molecule has 0 saturated carbocycles. The monoisotopic (exact) mass is 320 g/mol. The van der Waals surface area contributed by atoms with Gasteiger partial charge in [-0.2, -0.15) is 0 Å². The van der Waals surface area contributed by atoms with Crippen molar-refractivity contribution in [2.45, 2.75) is 13.8 Å². The van der Waals surface area contributed by atoms with E-state index in [0.717, 1.165) is 16.6 Å². The van der Waals surface area contributed by atoms with Crippen LogP contribution in [-0.2, 0) is 4.74 Å². The highest BCUT2D eigenvalue weighted by atomic mass is 16.5. The largest absolute Gasteiger partial charge is 0.462 e. The van der Waals surface area contributed by atoms with Crippen LogP contribution in [0.15, 0.2) is 47.3 Å². The molecule has 0 radical (unpaired) electrons. The number of aromatic nitrogens is 2. The summed E-state index contributed by atoms with van der Waals surface area (Å²) >= 11 is 0. The number of rotatable bonds is 2. The van der Waals surface area contributed by atoms with E-state index in [9.17, 15) is 9.59 Å². The van der Waals surface area contributed by atoms with Crippen molar-refractivity contribution in [2.24, 2.45) is 0 Å². The lowest BCUT2D eigenvalue weighted by atomic mass is 10.1. The maximum absolute atomic E-state index is 13.0. The van der Waals surface area contributed by atoms with Gasteiger partial charge in [0, 0.05) is 10.8 Å². The van der Waals surface area contributed by atoms with Gasteiger partial charge in [0.1, 0.15) is 11.2 Å². The maximum Gasteiger partial charge on any atom is 0.342 e. The molecule has 0 spiro atoms. The highest BCUT2D eigenvalue weighted by molar-refractivity contribution is 6.10. The number of hydrogen-bond donors (Lipinski definition) is 1. The molecular weight excluding hydrogens is 304 g/mol. The number of carbonyl (C=O) groups is 1. The summed E-state index contributed by atoms with van der Waals surface area (Å²) in [6.45, 7) is 4.02. The molecule has 0 fully saturated rings. The number of nitrogens with zero attached hydrogens (tertiary/aromatic N) is 1. The molecule has 2 aromatic carbocycles. The molecule has 0 aliphatic heterocycles. The molecule has 0 saturated heterocycles. The van der Waals surface area contributed by atoms with Crippen LogP contribution in [0.5, 0.6) is 0 Å². The van der Waals surface area contributed by atoms with Gasteiger partial charge in [-0.1, -0.05) is 24.3 Å². The minimum atomic E-state index is -0.436. The van der Waals surface area contributed by atoms with E-state index < -0.39 is 5.97 Å². The van der Waals surface area contributed by atoms with Crippen molar-refractivity contribution >= 4 is 33.4 Å². The molecule has 0 atom stereocenters. The molecule has 1 N–H and O–H groups in total. The quantitative estimate of drug-likeness (QED) is 0.576. The average molecular weight is 320 g/mol. The van der Waals surface area contributed by atoms with Gasteiger partial charge in [0.05, 0.1) is 17.6 Å². The van der Waals surface area contributed by atoms with Gasteiger partial charge >= 0.3 is 5.97 Å². The summed E-state index contributed by atoms with van der Waals surface area (Å²) < 4.78 is 6.79. The van der Waals surface area contributed by atoms with Crippen LogP contribution in [0.4, 0.5) is 0 Å². The van der Waals surface area contributed by atoms with Crippen LogP contribution < -0.4 is 5.56 Å². The molecule has 0 aliphatic carbocycles. The predicted octanol–water partition coefficient (Wildman–Crippen LogP) is 3.42. The number of hydrogen-bond acceptors (Lipinski definition) is 3. The first kappa shape index (κ1) is 14.5. The predicted molar refractivity (Wildman–Crippen MR) is 93.7 cm³/mol. The lowest BCUT2D eigenvalue weighted by Gasteiger charge is -2.08. The first-order valence-electron chi connectivity index (χ1n) is 7.84. The zero-order valence-electron chi connectivity index (χ0n) is 13.4. The third-order valence-electron chi connectivity index (χ3n) is 4.22. The molecule has 4 aromatic rings. The summed E-state index contributed by atoms with van der Waals surface area (Å²) in [7, 11) is 0. The molecule has 0 bridgehead atoms. The van der Waals surface area contributed by atoms with E-state index in [0.29, 0.717) is 22.0 Å². The van der Waals surface area contributed by atoms with Gasteiger partial charge < -0.3 is 9.72 Å². The molecule has 24 heavy (non-hydrogen) atoms. The van der Waals surface area contributed by atoms with E-state index in [1.165, 1.54) is 0 Å². The van der Waals surface area contributed by atoms with Crippen LogP contribution >= 0.6 is 0 Å². The molecule has 2 heterocycles. The molecule has 5 heteroatoms.